The average molecular weight is 476 g/mol. The van der Waals surface area contributed by atoms with Gasteiger partial charge in [0.05, 0.1) is 26.5 Å². The molecule has 1 aliphatic heterocycles. The molecule has 174 valence electrons. The number of hydrogen-bond donors (Lipinski definition) is 1. The van der Waals surface area contributed by atoms with Crippen molar-refractivity contribution in [2.75, 3.05) is 19.5 Å². The van der Waals surface area contributed by atoms with Crippen LogP contribution in [0.3, 0.4) is 0 Å². The molecule has 0 unspecified atom stereocenters. The first-order valence-electron chi connectivity index (χ1n) is 10.7. The number of thioether (sulfide) groups is 1. The quantitative estimate of drug-likeness (QED) is 0.503. The van der Waals surface area contributed by atoms with Crippen LogP contribution in [0.4, 0.5) is 11.4 Å². The van der Waals surface area contributed by atoms with Gasteiger partial charge in [0.2, 0.25) is 11.8 Å². The number of amides is 2. The first-order valence-corrected chi connectivity index (χ1v) is 11.6. The van der Waals surface area contributed by atoms with Crippen molar-refractivity contribution in [1.82, 2.24) is 4.90 Å². The summed E-state index contributed by atoms with van der Waals surface area (Å²) in [5.74, 6) is 1.07. The molecule has 2 amide bonds. The van der Waals surface area contributed by atoms with Crippen LogP contribution in [0.2, 0.25) is 0 Å². The molecule has 0 spiro atoms. The Morgan fingerprint density at radius 3 is 2.18 bits per heavy atom. The molecule has 34 heavy (non-hydrogen) atoms. The van der Waals surface area contributed by atoms with E-state index >= 15 is 0 Å². The van der Waals surface area contributed by atoms with Crippen LogP contribution in [-0.2, 0) is 16.1 Å². The Balaban J connectivity index is 1.51. The third-order valence-electron chi connectivity index (χ3n) is 5.25. The maximum absolute atomic E-state index is 13.3. The van der Waals surface area contributed by atoms with Crippen molar-refractivity contribution in [3.05, 3.63) is 84.4 Å². The number of amidine groups is 1. The van der Waals surface area contributed by atoms with E-state index in [4.69, 9.17) is 14.5 Å². The lowest BCUT2D eigenvalue weighted by atomic mass is 10.2. The smallest absolute Gasteiger partial charge is 0.242 e. The minimum Gasteiger partial charge on any atom is -0.497 e. The third kappa shape index (κ3) is 5.77. The second kappa shape index (κ2) is 10.9. The normalized spacial score (nSPS) is 16.5. The van der Waals surface area contributed by atoms with Gasteiger partial charge in [-0.2, -0.15) is 0 Å². The molecule has 0 radical (unpaired) electrons. The molecule has 1 aliphatic rings. The lowest BCUT2D eigenvalue weighted by Crippen LogP contribution is -2.33. The highest BCUT2D eigenvalue weighted by Gasteiger charge is 2.39. The van der Waals surface area contributed by atoms with Crippen LogP contribution in [-0.4, -0.2) is 41.4 Å². The summed E-state index contributed by atoms with van der Waals surface area (Å²) in [5, 5.41) is 2.86. The summed E-state index contributed by atoms with van der Waals surface area (Å²) in [4.78, 5) is 32.3. The maximum Gasteiger partial charge on any atom is 0.242 e. The summed E-state index contributed by atoms with van der Waals surface area (Å²) in [6.07, 6.45) is 0.0441. The topological polar surface area (TPSA) is 80.2 Å². The largest absolute Gasteiger partial charge is 0.497 e. The molecule has 3 aromatic carbocycles. The van der Waals surface area contributed by atoms with E-state index in [9.17, 15) is 9.59 Å². The molecule has 3 aromatic rings. The van der Waals surface area contributed by atoms with Crippen molar-refractivity contribution in [2.45, 2.75) is 18.2 Å². The molecule has 1 saturated heterocycles. The van der Waals surface area contributed by atoms with Crippen LogP contribution in [0, 0.1) is 0 Å². The van der Waals surface area contributed by atoms with Gasteiger partial charge in [-0.3, -0.25) is 14.5 Å². The number of nitrogens with one attached hydrogen (secondary N) is 1. The molecule has 0 aliphatic carbocycles. The molecule has 1 N–H and O–H groups in total. The van der Waals surface area contributed by atoms with Crippen molar-refractivity contribution >= 4 is 40.1 Å². The first kappa shape index (κ1) is 23.4. The molecule has 8 heteroatoms. The number of nitrogens with zero attached hydrogens (tertiary/aromatic N) is 2. The highest BCUT2D eigenvalue weighted by atomic mass is 32.2. The van der Waals surface area contributed by atoms with Crippen LogP contribution in [0.1, 0.15) is 12.0 Å². The van der Waals surface area contributed by atoms with Gasteiger partial charge in [-0.25, -0.2) is 4.99 Å². The summed E-state index contributed by atoms with van der Waals surface area (Å²) in [5.41, 5.74) is 2.34. The minimum atomic E-state index is -0.557. The number of ether oxygens (including phenoxy) is 2. The molecule has 1 atom stereocenters. The SMILES string of the molecule is COc1ccc(N=C2S[C@@H](CC(=O)Nc3ccc(OC)cc3)C(=O)N2Cc2ccccc2)cc1. The zero-order chi connectivity index (χ0) is 23.9. The summed E-state index contributed by atoms with van der Waals surface area (Å²) >= 11 is 1.31. The van der Waals surface area contributed by atoms with Crippen molar-refractivity contribution < 1.29 is 19.1 Å². The molecule has 0 aromatic heterocycles. The molecule has 0 bridgehead atoms. The van der Waals surface area contributed by atoms with Gasteiger partial charge in [-0.05, 0) is 54.1 Å². The Hall–Kier alpha value is -3.78. The summed E-state index contributed by atoms with van der Waals surface area (Å²) in [6, 6.07) is 24.1. The van der Waals surface area contributed by atoms with Crippen molar-refractivity contribution in [3.8, 4) is 11.5 Å². The van der Waals surface area contributed by atoms with E-state index in [2.05, 4.69) is 5.32 Å². The standard InChI is InChI=1S/C26H25N3O4S/c1-32-21-12-8-19(9-13-21)27-24(30)16-23-25(31)29(17-18-6-4-3-5-7-18)26(34-23)28-20-10-14-22(33-2)15-11-20/h3-15,23H,16-17H2,1-2H3,(H,27,30)/t23-/m0/s1. The van der Waals surface area contributed by atoms with Gasteiger partial charge in [-0.15, -0.1) is 0 Å². The lowest BCUT2D eigenvalue weighted by molar-refractivity contribution is -0.128. The van der Waals surface area contributed by atoms with Crippen molar-refractivity contribution in [1.29, 1.82) is 0 Å². The second-order valence-electron chi connectivity index (χ2n) is 7.59. The van der Waals surface area contributed by atoms with Gasteiger partial charge < -0.3 is 14.8 Å². The summed E-state index contributed by atoms with van der Waals surface area (Å²) in [7, 11) is 3.19. The number of aliphatic imine (C=N–C) groups is 1. The Kier molecular flexibility index (Phi) is 7.49. The van der Waals surface area contributed by atoms with E-state index < -0.39 is 5.25 Å². The van der Waals surface area contributed by atoms with Crippen LogP contribution in [0.5, 0.6) is 11.5 Å². The molecular weight excluding hydrogens is 450 g/mol. The van der Waals surface area contributed by atoms with Crippen LogP contribution >= 0.6 is 11.8 Å². The predicted molar refractivity (Wildman–Crippen MR) is 135 cm³/mol. The maximum atomic E-state index is 13.3. The Morgan fingerprint density at radius 1 is 0.941 bits per heavy atom. The summed E-state index contributed by atoms with van der Waals surface area (Å²) in [6.45, 7) is 0.387. The number of methoxy groups -OCH3 is 2. The molecule has 7 nitrogen and oxygen atoms in total. The van der Waals surface area contributed by atoms with E-state index in [1.54, 1.807) is 43.4 Å². The van der Waals surface area contributed by atoms with E-state index in [-0.39, 0.29) is 18.2 Å². The van der Waals surface area contributed by atoms with Gasteiger partial charge in [0.25, 0.3) is 0 Å². The molecule has 1 heterocycles. The monoisotopic (exact) mass is 475 g/mol. The second-order valence-corrected chi connectivity index (χ2v) is 8.76. The van der Waals surface area contributed by atoms with Gasteiger partial charge in [0.1, 0.15) is 16.7 Å². The number of rotatable bonds is 8. The molecule has 1 fully saturated rings. The predicted octanol–water partition coefficient (Wildman–Crippen LogP) is 4.86. The van der Waals surface area contributed by atoms with E-state index in [0.717, 1.165) is 11.3 Å². The first-order chi connectivity index (χ1) is 16.6. The zero-order valence-corrected chi connectivity index (χ0v) is 19.7. The fourth-order valence-corrected chi connectivity index (χ4v) is 4.62. The minimum absolute atomic E-state index is 0.0441. The molecule has 0 saturated carbocycles. The number of benzene rings is 3. The van der Waals surface area contributed by atoms with Crippen molar-refractivity contribution in [2.24, 2.45) is 4.99 Å². The highest BCUT2D eigenvalue weighted by Crippen LogP contribution is 2.33. The van der Waals surface area contributed by atoms with Crippen LogP contribution in [0.15, 0.2) is 83.9 Å². The lowest BCUT2D eigenvalue weighted by Gasteiger charge is -2.16. The van der Waals surface area contributed by atoms with Gasteiger partial charge in [0.15, 0.2) is 5.17 Å². The summed E-state index contributed by atoms with van der Waals surface area (Å²) < 4.78 is 10.4. The number of carbonyl (C=O) groups is 2. The number of hydrogen-bond acceptors (Lipinski definition) is 6. The Labute approximate surface area is 202 Å². The van der Waals surface area contributed by atoms with E-state index in [1.807, 2.05) is 54.6 Å². The van der Waals surface area contributed by atoms with Gasteiger partial charge >= 0.3 is 0 Å². The Morgan fingerprint density at radius 2 is 1.56 bits per heavy atom. The fourth-order valence-electron chi connectivity index (χ4n) is 3.46. The van der Waals surface area contributed by atoms with Crippen LogP contribution in [0.25, 0.3) is 0 Å². The average Bonchev–Trinajstić information content (AvgIpc) is 3.14. The van der Waals surface area contributed by atoms with Gasteiger partial charge in [-0.1, -0.05) is 42.1 Å². The molecule has 4 rings (SSSR count). The van der Waals surface area contributed by atoms with E-state index in [0.29, 0.717) is 28.8 Å². The number of anilines is 1. The van der Waals surface area contributed by atoms with Gasteiger partial charge in [0, 0.05) is 12.1 Å². The van der Waals surface area contributed by atoms with E-state index in [1.165, 1.54) is 11.8 Å². The van der Waals surface area contributed by atoms with Crippen molar-refractivity contribution in [3.63, 3.8) is 0 Å². The molecular formula is C26H25N3O4S. The van der Waals surface area contributed by atoms with Crippen LogP contribution < -0.4 is 14.8 Å². The zero-order valence-electron chi connectivity index (χ0n) is 18.9. The highest BCUT2D eigenvalue weighted by molar-refractivity contribution is 8.15. The Bertz CT molecular complexity index is 1160. The fraction of sp³-hybridized carbons (Fsp3) is 0.192. The third-order valence-corrected chi connectivity index (χ3v) is 6.42. The number of carbonyl (C=O) groups excluding carboxylic acids is 2.